The van der Waals surface area contributed by atoms with Crippen molar-refractivity contribution in [2.45, 2.75) is 13.5 Å². The van der Waals surface area contributed by atoms with Crippen LogP contribution in [0.25, 0.3) is 0 Å². The summed E-state index contributed by atoms with van der Waals surface area (Å²) in [6, 6.07) is 1.40. The Hall–Kier alpha value is -3.04. The maximum absolute atomic E-state index is 13.7. The lowest BCUT2D eigenvalue weighted by atomic mass is 10.1. The second-order valence-electron chi connectivity index (χ2n) is 3.99. The summed E-state index contributed by atoms with van der Waals surface area (Å²) >= 11 is 0. The van der Waals surface area contributed by atoms with Crippen LogP contribution in [0.3, 0.4) is 0 Å². The van der Waals surface area contributed by atoms with Crippen LogP contribution in [0.1, 0.15) is 22.1 Å². The summed E-state index contributed by atoms with van der Waals surface area (Å²) in [6.07, 6.45) is 0. The van der Waals surface area contributed by atoms with Crippen LogP contribution >= 0.6 is 0 Å². The van der Waals surface area contributed by atoms with Crippen molar-refractivity contribution in [3.8, 4) is 0 Å². The van der Waals surface area contributed by atoms with Gasteiger partial charge in [0.25, 0.3) is 5.69 Å². The molecule has 9 nitrogen and oxygen atoms in total. The molecule has 0 spiro atoms. The first-order valence-electron chi connectivity index (χ1n) is 5.62. The molecule has 1 heterocycles. The van der Waals surface area contributed by atoms with Gasteiger partial charge in [0.05, 0.1) is 23.2 Å². The summed E-state index contributed by atoms with van der Waals surface area (Å²) in [6.45, 7) is 1.55. The average Bonchev–Trinajstić information content (AvgIpc) is 2.82. The summed E-state index contributed by atoms with van der Waals surface area (Å²) in [7, 11) is 0. The van der Waals surface area contributed by atoms with Gasteiger partial charge in [-0.3, -0.25) is 10.1 Å². The number of rotatable bonds is 5. The van der Waals surface area contributed by atoms with E-state index in [2.05, 4.69) is 15.5 Å². The zero-order valence-electron chi connectivity index (χ0n) is 10.7. The standard InChI is InChI=1S/C11H9FN4O5/c1-5-14-10(15-21-5)4-13-8-2-6(11(17)18)9(16(19)20)3-7(8)12/h2-3,13H,4H2,1H3,(H,17,18). The molecule has 2 aromatic rings. The van der Waals surface area contributed by atoms with Gasteiger partial charge in [-0.2, -0.15) is 4.98 Å². The predicted octanol–water partition coefficient (Wildman–Crippen LogP) is 1.74. The van der Waals surface area contributed by atoms with Crippen molar-refractivity contribution in [2.24, 2.45) is 0 Å². The molecule has 2 rings (SSSR count). The molecule has 0 radical (unpaired) electrons. The average molecular weight is 296 g/mol. The Bertz CT molecular complexity index is 715. The molecule has 0 amide bonds. The number of hydrogen-bond acceptors (Lipinski definition) is 7. The van der Waals surface area contributed by atoms with E-state index >= 15 is 0 Å². The van der Waals surface area contributed by atoms with E-state index in [9.17, 15) is 19.3 Å². The van der Waals surface area contributed by atoms with Crippen LogP contribution in [0.2, 0.25) is 0 Å². The summed E-state index contributed by atoms with van der Waals surface area (Å²) in [5.74, 6) is -1.92. The van der Waals surface area contributed by atoms with Gasteiger partial charge in [0, 0.05) is 6.92 Å². The van der Waals surface area contributed by atoms with Gasteiger partial charge in [0.1, 0.15) is 5.56 Å². The van der Waals surface area contributed by atoms with Crippen LogP contribution < -0.4 is 5.32 Å². The summed E-state index contributed by atoms with van der Waals surface area (Å²) in [4.78, 5) is 24.6. The number of hydrogen-bond donors (Lipinski definition) is 2. The van der Waals surface area contributed by atoms with Gasteiger partial charge in [-0.1, -0.05) is 5.16 Å². The third-order valence-corrected chi connectivity index (χ3v) is 2.52. The Labute approximate surface area is 116 Å². The number of aryl methyl sites for hydroxylation is 1. The van der Waals surface area contributed by atoms with Crippen molar-refractivity contribution >= 4 is 17.3 Å². The Balaban J connectivity index is 2.29. The summed E-state index contributed by atoms with van der Waals surface area (Å²) < 4.78 is 18.5. The minimum Gasteiger partial charge on any atom is -0.477 e. The van der Waals surface area contributed by atoms with Crippen LogP contribution in [0, 0.1) is 22.9 Å². The summed E-state index contributed by atoms with van der Waals surface area (Å²) in [5.41, 5.74) is -1.64. The number of nitrogens with one attached hydrogen (secondary N) is 1. The van der Waals surface area contributed by atoms with Crippen molar-refractivity contribution < 1.29 is 23.7 Å². The van der Waals surface area contributed by atoms with E-state index in [1.54, 1.807) is 6.92 Å². The van der Waals surface area contributed by atoms with Gasteiger partial charge in [-0.25, -0.2) is 9.18 Å². The number of halogens is 1. The zero-order chi connectivity index (χ0) is 15.6. The predicted molar refractivity (Wildman–Crippen MR) is 66.4 cm³/mol. The van der Waals surface area contributed by atoms with Crippen LogP contribution in [0.5, 0.6) is 0 Å². The molecule has 2 N–H and O–H groups in total. The van der Waals surface area contributed by atoms with Gasteiger partial charge in [-0.15, -0.1) is 0 Å². The molecule has 0 fully saturated rings. The number of benzene rings is 1. The number of nitro benzene ring substituents is 1. The first-order valence-corrected chi connectivity index (χ1v) is 5.62. The number of nitro groups is 1. The second kappa shape index (κ2) is 5.53. The highest BCUT2D eigenvalue weighted by molar-refractivity contribution is 5.93. The third kappa shape index (κ3) is 3.11. The fraction of sp³-hybridized carbons (Fsp3) is 0.182. The molecule has 1 aromatic heterocycles. The minimum absolute atomic E-state index is 0.0227. The van der Waals surface area contributed by atoms with E-state index in [1.165, 1.54) is 0 Å². The normalized spacial score (nSPS) is 10.4. The molecule has 0 atom stereocenters. The number of carbonyl (C=O) groups is 1. The highest BCUT2D eigenvalue weighted by atomic mass is 19.1. The lowest BCUT2D eigenvalue weighted by Crippen LogP contribution is -2.08. The molecular formula is C11H9FN4O5. The van der Waals surface area contributed by atoms with Crippen LogP contribution in [-0.4, -0.2) is 26.1 Å². The van der Waals surface area contributed by atoms with Gasteiger partial charge in [0.2, 0.25) is 5.89 Å². The highest BCUT2D eigenvalue weighted by Crippen LogP contribution is 2.26. The minimum atomic E-state index is -1.53. The second-order valence-corrected chi connectivity index (χ2v) is 3.99. The molecule has 21 heavy (non-hydrogen) atoms. The SMILES string of the molecule is Cc1nc(CNc2cc(C(=O)O)c([N+](=O)[O-])cc2F)no1. The number of aromatic nitrogens is 2. The van der Waals surface area contributed by atoms with Crippen molar-refractivity contribution in [1.29, 1.82) is 0 Å². The number of aromatic carboxylic acids is 1. The van der Waals surface area contributed by atoms with E-state index in [-0.39, 0.29) is 18.1 Å². The zero-order valence-corrected chi connectivity index (χ0v) is 10.7. The van der Waals surface area contributed by atoms with Crippen LogP contribution in [0.4, 0.5) is 15.8 Å². The van der Waals surface area contributed by atoms with E-state index in [0.29, 0.717) is 12.0 Å². The van der Waals surface area contributed by atoms with Gasteiger partial charge >= 0.3 is 5.97 Å². The molecular weight excluding hydrogens is 287 g/mol. The fourth-order valence-corrected chi connectivity index (χ4v) is 1.61. The Morgan fingerprint density at radius 2 is 2.29 bits per heavy atom. The Kier molecular flexibility index (Phi) is 3.78. The molecule has 1 aromatic carbocycles. The van der Waals surface area contributed by atoms with Gasteiger partial charge < -0.3 is 14.9 Å². The molecule has 0 saturated heterocycles. The molecule has 110 valence electrons. The lowest BCUT2D eigenvalue weighted by molar-refractivity contribution is -0.385. The fourth-order valence-electron chi connectivity index (χ4n) is 1.61. The highest BCUT2D eigenvalue weighted by Gasteiger charge is 2.23. The molecule has 0 saturated carbocycles. The van der Waals surface area contributed by atoms with Crippen LogP contribution in [-0.2, 0) is 6.54 Å². The van der Waals surface area contributed by atoms with Crippen molar-refractivity contribution in [3.63, 3.8) is 0 Å². The molecule has 0 aliphatic heterocycles. The van der Waals surface area contributed by atoms with Crippen molar-refractivity contribution in [3.05, 3.63) is 45.3 Å². The molecule has 0 bridgehead atoms. The number of nitrogens with zero attached hydrogens (tertiary/aromatic N) is 3. The van der Waals surface area contributed by atoms with E-state index in [0.717, 1.165) is 6.07 Å². The smallest absolute Gasteiger partial charge is 0.342 e. The van der Waals surface area contributed by atoms with Gasteiger partial charge in [-0.05, 0) is 6.07 Å². The van der Waals surface area contributed by atoms with E-state index in [4.69, 9.17) is 9.63 Å². The lowest BCUT2D eigenvalue weighted by Gasteiger charge is -2.07. The van der Waals surface area contributed by atoms with E-state index in [1.807, 2.05) is 0 Å². The quantitative estimate of drug-likeness (QED) is 0.629. The Morgan fingerprint density at radius 3 is 2.81 bits per heavy atom. The Morgan fingerprint density at radius 1 is 1.57 bits per heavy atom. The third-order valence-electron chi connectivity index (χ3n) is 2.52. The van der Waals surface area contributed by atoms with Gasteiger partial charge in [0.15, 0.2) is 11.6 Å². The number of anilines is 1. The largest absolute Gasteiger partial charge is 0.477 e. The summed E-state index contributed by atoms with van der Waals surface area (Å²) in [5, 5.41) is 25.7. The molecule has 0 unspecified atom stereocenters. The number of carboxylic acids is 1. The van der Waals surface area contributed by atoms with Crippen molar-refractivity contribution in [1.82, 2.24) is 10.1 Å². The molecule has 10 heteroatoms. The number of carboxylic acid groups (broad SMARTS) is 1. The first kappa shape index (κ1) is 14.4. The van der Waals surface area contributed by atoms with E-state index < -0.39 is 28.0 Å². The first-order chi connectivity index (χ1) is 9.88. The topological polar surface area (TPSA) is 131 Å². The molecule has 0 aliphatic rings. The molecule has 0 aliphatic carbocycles. The maximum atomic E-state index is 13.7. The monoisotopic (exact) mass is 296 g/mol. The van der Waals surface area contributed by atoms with Crippen molar-refractivity contribution in [2.75, 3.05) is 5.32 Å². The maximum Gasteiger partial charge on any atom is 0.342 e. The van der Waals surface area contributed by atoms with Crippen LogP contribution in [0.15, 0.2) is 16.7 Å².